The number of thiazole rings is 1. The number of anilines is 4. The Morgan fingerprint density at radius 1 is 1.09 bits per heavy atom. The molecule has 0 bridgehead atoms. The highest BCUT2D eigenvalue weighted by atomic mass is 32.1. The quantitative estimate of drug-likeness (QED) is 0.205. The zero-order valence-electron chi connectivity index (χ0n) is 25.2. The number of phenols is 1. The van der Waals surface area contributed by atoms with Gasteiger partial charge in [0.25, 0.3) is 0 Å². The number of aromatic nitrogens is 1. The van der Waals surface area contributed by atoms with Crippen molar-refractivity contribution in [2.75, 3.05) is 48.8 Å². The van der Waals surface area contributed by atoms with Crippen molar-refractivity contribution in [3.05, 3.63) is 71.5 Å². The number of nitrogens with one attached hydrogen (secondary N) is 2. The molecule has 6 rings (SSSR count). The van der Waals surface area contributed by atoms with E-state index in [2.05, 4.69) is 41.3 Å². The molecule has 3 aromatic carbocycles. The predicted molar refractivity (Wildman–Crippen MR) is 172 cm³/mol. The van der Waals surface area contributed by atoms with E-state index < -0.39 is 17.4 Å². The summed E-state index contributed by atoms with van der Waals surface area (Å²) in [6.07, 6.45) is 1.60. The van der Waals surface area contributed by atoms with Crippen LogP contribution in [-0.2, 0) is 10.2 Å². The topological polar surface area (TPSA) is 107 Å². The molecule has 44 heavy (non-hydrogen) atoms. The Hall–Kier alpha value is -4.22. The molecule has 0 radical (unpaired) electrons. The molecule has 1 aromatic heterocycles. The monoisotopic (exact) mass is 617 g/mol. The average Bonchev–Trinajstić information content (AvgIpc) is 3.52. The lowest BCUT2D eigenvalue weighted by atomic mass is 9.72. The number of carbonyl (C=O) groups is 2. The van der Waals surface area contributed by atoms with Gasteiger partial charge in [0.15, 0.2) is 5.13 Å². The minimum absolute atomic E-state index is 0.0580. The summed E-state index contributed by atoms with van der Waals surface area (Å²) in [6.45, 7) is 9.90. The Bertz CT molecular complexity index is 1740. The van der Waals surface area contributed by atoms with Gasteiger partial charge in [-0.2, -0.15) is 0 Å². The first-order valence-electron chi connectivity index (χ1n) is 14.6. The van der Waals surface area contributed by atoms with Gasteiger partial charge < -0.3 is 25.0 Å². The number of nitrogens with zero attached hydrogens (tertiary/aromatic N) is 3. The van der Waals surface area contributed by atoms with E-state index in [-0.39, 0.29) is 17.0 Å². The number of hydrogen-bond donors (Lipinski definition) is 3. The maximum absolute atomic E-state index is 13.7. The Morgan fingerprint density at radius 2 is 1.84 bits per heavy atom. The zero-order chi connectivity index (χ0) is 31.2. The fourth-order valence-electron chi connectivity index (χ4n) is 6.57. The van der Waals surface area contributed by atoms with E-state index in [4.69, 9.17) is 4.74 Å². The third-order valence-electron chi connectivity index (χ3n) is 8.35. The van der Waals surface area contributed by atoms with Crippen molar-refractivity contribution in [1.82, 2.24) is 9.88 Å². The van der Waals surface area contributed by atoms with Gasteiger partial charge in [0.05, 0.1) is 40.0 Å². The van der Waals surface area contributed by atoms with Crippen LogP contribution >= 0.6 is 11.3 Å². The van der Waals surface area contributed by atoms with Crippen LogP contribution in [0.1, 0.15) is 49.5 Å². The van der Waals surface area contributed by atoms with Crippen LogP contribution in [0, 0.1) is 11.2 Å². The van der Waals surface area contributed by atoms with Gasteiger partial charge in [-0.1, -0.05) is 44.2 Å². The minimum Gasteiger partial charge on any atom is -0.506 e. The fraction of sp³-hybridized carbons (Fsp3) is 0.364. The lowest BCUT2D eigenvalue weighted by Gasteiger charge is -2.42. The zero-order valence-corrected chi connectivity index (χ0v) is 26.1. The number of methoxy groups -OCH3 is 1. The average molecular weight is 618 g/mol. The smallest absolute Gasteiger partial charge is 0.338 e. The summed E-state index contributed by atoms with van der Waals surface area (Å²) < 4.78 is 19.5. The molecule has 11 heteroatoms. The number of esters is 1. The summed E-state index contributed by atoms with van der Waals surface area (Å²) in [4.78, 5) is 35.1. The van der Waals surface area contributed by atoms with Gasteiger partial charge in [-0.05, 0) is 73.8 Å². The number of aromatic hydroxyl groups is 1. The van der Waals surface area contributed by atoms with Crippen molar-refractivity contribution in [1.29, 1.82) is 0 Å². The predicted octanol–water partition coefficient (Wildman–Crippen LogP) is 7.10. The number of benzene rings is 3. The van der Waals surface area contributed by atoms with Crippen molar-refractivity contribution in [2.45, 2.75) is 39.0 Å². The van der Waals surface area contributed by atoms with Gasteiger partial charge in [0.1, 0.15) is 11.6 Å². The summed E-state index contributed by atoms with van der Waals surface area (Å²) in [5, 5.41) is 17.3. The van der Waals surface area contributed by atoms with Crippen molar-refractivity contribution in [3.8, 4) is 5.75 Å². The van der Waals surface area contributed by atoms with Crippen molar-refractivity contribution in [2.24, 2.45) is 5.41 Å². The van der Waals surface area contributed by atoms with E-state index in [1.54, 1.807) is 18.2 Å². The summed E-state index contributed by atoms with van der Waals surface area (Å²) in [7, 11) is 1.37. The first-order valence-corrected chi connectivity index (χ1v) is 15.5. The number of para-hydroxylation sites is 2. The van der Waals surface area contributed by atoms with Crippen LogP contribution < -0.4 is 15.5 Å². The van der Waals surface area contributed by atoms with Gasteiger partial charge in [-0.3, -0.25) is 5.32 Å². The van der Waals surface area contributed by atoms with E-state index in [1.165, 1.54) is 36.6 Å². The molecule has 2 amide bonds. The molecule has 2 aliphatic heterocycles. The van der Waals surface area contributed by atoms with Crippen molar-refractivity contribution >= 4 is 55.7 Å². The highest BCUT2D eigenvalue weighted by molar-refractivity contribution is 7.22. The van der Waals surface area contributed by atoms with Crippen LogP contribution in [0.2, 0.25) is 0 Å². The molecule has 0 unspecified atom stereocenters. The van der Waals surface area contributed by atoms with Gasteiger partial charge in [-0.25, -0.2) is 19.0 Å². The molecule has 4 aromatic rings. The molecular formula is C33H36FN5O4S. The molecule has 2 aliphatic rings. The van der Waals surface area contributed by atoms with Gasteiger partial charge in [0, 0.05) is 24.1 Å². The van der Waals surface area contributed by atoms with Gasteiger partial charge >= 0.3 is 12.0 Å². The van der Waals surface area contributed by atoms with E-state index in [0.29, 0.717) is 44.5 Å². The SMILES string of the molecule is COC(=O)c1ccc(O)c2c1C1(CCN(CC(C)(C)C)CC1)CN2c1ccccc1NC(=O)Nc1nc2ccc(F)cc2s1. The van der Waals surface area contributed by atoms with Gasteiger partial charge in [-0.15, -0.1) is 0 Å². The van der Waals surface area contributed by atoms with Crippen LogP contribution in [-0.4, -0.2) is 60.3 Å². The van der Waals surface area contributed by atoms with E-state index in [9.17, 15) is 19.1 Å². The number of amides is 2. The second-order valence-electron chi connectivity index (χ2n) is 12.8. The summed E-state index contributed by atoms with van der Waals surface area (Å²) in [5.74, 6) is -0.753. The molecule has 1 saturated heterocycles. The molecule has 3 N–H and O–H groups in total. The van der Waals surface area contributed by atoms with E-state index in [1.807, 2.05) is 23.1 Å². The molecular weight excluding hydrogens is 581 g/mol. The molecule has 0 aliphatic carbocycles. The number of phenolic OH excluding ortho intramolecular Hbond substituents is 1. The lowest BCUT2D eigenvalue weighted by molar-refractivity contribution is 0.0595. The Morgan fingerprint density at radius 3 is 2.57 bits per heavy atom. The Kier molecular flexibility index (Phi) is 7.71. The molecule has 3 heterocycles. The Labute approximate surface area is 259 Å². The number of hydrogen-bond acceptors (Lipinski definition) is 8. The summed E-state index contributed by atoms with van der Waals surface area (Å²) >= 11 is 1.18. The lowest BCUT2D eigenvalue weighted by Crippen LogP contribution is -2.47. The number of piperidine rings is 1. The summed E-state index contributed by atoms with van der Waals surface area (Å²) in [6, 6.07) is 14.3. The molecule has 0 atom stereocenters. The van der Waals surface area contributed by atoms with Crippen molar-refractivity contribution in [3.63, 3.8) is 0 Å². The first kappa shape index (κ1) is 29.8. The second-order valence-corrected chi connectivity index (χ2v) is 13.8. The van der Waals surface area contributed by atoms with Crippen LogP contribution in [0.25, 0.3) is 10.2 Å². The number of ether oxygens (including phenoxy) is 1. The molecule has 1 spiro atoms. The van der Waals surface area contributed by atoms with E-state index >= 15 is 0 Å². The largest absolute Gasteiger partial charge is 0.506 e. The number of halogens is 1. The normalized spacial score (nSPS) is 16.2. The third kappa shape index (κ3) is 5.69. The van der Waals surface area contributed by atoms with E-state index in [0.717, 1.165) is 38.0 Å². The minimum atomic E-state index is -0.505. The number of carbonyl (C=O) groups excluding carboxylic acids is 2. The first-order chi connectivity index (χ1) is 21.0. The molecule has 0 saturated carbocycles. The van der Waals surface area contributed by atoms with Crippen LogP contribution in [0.15, 0.2) is 54.6 Å². The summed E-state index contributed by atoms with van der Waals surface area (Å²) in [5.41, 5.74) is 3.35. The maximum atomic E-state index is 13.7. The molecule has 230 valence electrons. The fourth-order valence-corrected chi connectivity index (χ4v) is 7.46. The van der Waals surface area contributed by atoms with Gasteiger partial charge in [0.2, 0.25) is 0 Å². The highest BCUT2D eigenvalue weighted by Gasteiger charge is 2.49. The maximum Gasteiger partial charge on any atom is 0.338 e. The van der Waals surface area contributed by atoms with Crippen molar-refractivity contribution < 1.29 is 23.8 Å². The number of likely N-dealkylation sites (tertiary alicyclic amines) is 1. The number of rotatable bonds is 5. The molecule has 1 fully saturated rings. The Balaban J connectivity index is 1.33. The van der Waals surface area contributed by atoms with Crippen LogP contribution in [0.3, 0.4) is 0 Å². The number of fused-ring (bicyclic) bond motifs is 3. The molecule has 9 nitrogen and oxygen atoms in total. The highest BCUT2D eigenvalue weighted by Crippen LogP contribution is 2.55. The standard InChI is InChI=1S/C33H36FN5O4S/c1-32(2,3)18-38-15-13-33(14-16-38)19-39(28-25(40)12-10-21(27(28)33)29(41)43-4)24-8-6-5-7-22(24)35-30(42)37-31-36-23-11-9-20(34)17-26(23)44-31/h5-12,17,40H,13-16,18-19H2,1-4H3,(H2,35,36,37,42). The van der Waals surface area contributed by atoms with Crippen LogP contribution in [0.4, 0.5) is 31.4 Å². The number of urea groups is 1. The van der Waals surface area contributed by atoms with Crippen LogP contribution in [0.5, 0.6) is 5.75 Å². The third-order valence-corrected chi connectivity index (χ3v) is 9.28. The second kappa shape index (κ2) is 11.4.